The van der Waals surface area contributed by atoms with Crippen LogP contribution in [0, 0.1) is 11.3 Å². The summed E-state index contributed by atoms with van der Waals surface area (Å²) in [5.74, 6) is -0.239. The van der Waals surface area contributed by atoms with Crippen molar-refractivity contribution >= 4 is 40.0 Å². The number of nitrogens with one attached hydrogen (secondary N) is 2. The van der Waals surface area contributed by atoms with Crippen molar-refractivity contribution < 1.29 is 23.5 Å². The molecule has 0 saturated heterocycles. The van der Waals surface area contributed by atoms with Crippen LogP contribution in [0.3, 0.4) is 0 Å². The minimum absolute atomic E-state index is 0.0229. The second kappa shape index (κ2) is 10.4. The monoisotopic (exact) mass is 516 g/mol. The molecule has 2 N–H and O–H groups in total. The van der Waals surface area contributed by atoms with E-state index in [2.05, 4.69) is 31.4 Å². The average molecular weight is 517 g/mol. The number of carbonyl (C=O) groups excluding carboxylic acids is 2. The summed E-state index contributed by atoms with van der Waals surface area (Å²) in [4.78, 5) is 39.1. The van der Waals surface area contributed by atoms with E-state index in [4.69, 9.17) is 9.26 Å². The average Bonchev–Trinajstić information content (AvgIpc) is 3.36. The van der Waals surface area contributed by atoms with Gasteiger partial charge in [-0.3, -0.25) is 9.32 Å². The molecule has 1 atom stereocenters. The van der Waals surface area contributed by atoms with E-state index in [1.165, 1.54) is 16.0 Å². The maximum absolute atomic E-state index is 12.9. The number of thioether (sulfide) groups is 1. The molecule has 1 aliphatic rings. The summed E-state index contributed by atoms with van der Waals surface area (Å²) in [6.07, 6.45) is 2.65. The van der Waals surface area contributed by atoms with Crippen molar-refractivity contribution in [3.05, 3.63) is 56.8 Å². The first-order chi connectivity index (χ1) is 16.7. The van der Waals surface area contributed by atoms with E-state index in [-0.39, 0.29) is 28.7 Å². The number of esters is 1. The molecule has 0 fully saturated rings. The van der Waals surface area contributed by atoms with Crippen LogP contribution in [0.4, 0.5) is 5.00 Å². The molecule has 2 heterocycles. The molecule has 0 aliphatic heterocycles. The zero-order valence-corrected chi connectivity index (χ0v) is 21.9. The van der Waals surface area contributed by atoms with Gasteiger partial charge < -0.3 is 10.1 Å². The molecule has 10 heteroatoms. The maximum Gasteiger partial charge on any atom is 0.442 e. The predicted octanol–water partition coefficient (Wildman–Crippen LogP) is 4.36. The smallest absolute Gasteiger partial charge is 0.442 e. The van der Waals surface area contributed by atoms with Gasteiger partial charge in [0.05, 0.1) is 17.9 Å². The second-order valence-corrected chi connectivity index (χ2v) is 11.6. The van der Waals surface area contributed by atoms with Crippen molar-refractivity contribution in [2.45, 2.75) is 52.0 Å². The number of aromatic amines is 1. The Morgan fingerprint density at radius 2 is 2.03 bits per heavy atom. The second-order valence-electron chi connectivity index (χ2n) is 9.53. The Kier molecular flexibility index (Phi) is 7.51. The van der Waals surface area contributed by atoms with Gasteiger partial charge in [-0.1, -0.05) is 39.0 Å². The standard InChI is InChI=1S/C25H29N3O5S2/c1-5-32-23(30)20-17-12-11-15(25(2,3)4)13-18(17)35-21(20)26-19(29)14-34-22-24(31)33-27-28(22)16-9-7-6-8-10-16/h6-10,15H,5,11-14H2,1-4H3,(H-,26,27,29,30,31)/p+1. The first-order valence-electron chi connectivity index (χ1n) is 11.6. The van der Waals surface area contributed by atoms with Crippen LogP contribution in [0.1, 0.15) is 54.9 Å². The Labute approximate surface area is 212 Å². The molecule has 186 valence electrons. The van der Waals surface area contributed by atoms with Gasteiger partial charge in [0.2, 0.25) is 11.6 Å². The first kappa shape index (κ1) is 25.2. The first-order valence-corrected chi connectivity index (χ1v) is 13.4. The van der Waals surface area contributed by atoms with E-state index >= 15 is 0 Å². The number of amides is 1. The van der Waals surface area contributed by atoms with Crippen molar-refractivity contribution in [2.75, 3.05) is 17.7 Å². The number of hydrogen-bond acceptors (Lipinski definition) is 7. The number of benzene rings is 1. The topological polar surface area (TPSA) is 105 Å². The van der Waals surface area contributed by atoms with Crippen molar-refractivity contribution in [2.24, 2.45) is 11.3 Å². The van der Waals surface area contributed by atoms with Gasteiger partial charge in [0.15, 0.2) is 0 Å². The van der Waals surface area contributed by atoms with Crippen LogP contribution in [-0.4, -0.2) is 29.5 Å². The van der Waals surface area contributed by atoms with Gasteiger partial charge in [-0.15, -0.1) is 11.3 Å². The van der Waals surface area contributed by atoms with Crippen LogP contribution in [0.15, 0.2) is 44.7 Å². The van der Waals surface area contributed by atoms with Gasteiger partial charge in [-0.2, -0.15) is 0 Å². The van der Waals surface area contributed by atoms with Crippen LogP contribution in [-0.2, 0) is 22.4 Å². The Morgan fingerprint density at radius 3 is 2.71 bits per heavy atom. The van der Waals surface area contributed by atoms with Gasteiger partial charge in [0.1, 0.15) is 5.00 Å². The van der Waals surface area contributed by atoms with Crippen LogP contribution in [0.5, 0.6) is 0 Å². The van der Waals surface area contributed by atoms with E-state index in [1.807, 2.05) is 30.3 Å². The summed E-state index contributed by atoms with van der Waals surface area (Å²) in [5, 5.41) is 6.25. The van der Waals surface area contributed by atoms with E-state index in [9.17, 15) is 14.4 Å². The number of hydrogen-bond donors (Lipinski definition) is 2. The Morgan fingerprint density at radius 1 is 1.29 bits per heavy atom. The molecule has 35 heavy (non-hydrogen) atoms. The SMILES string of the molecule is CCOC(=O)c1c(NC(=O)CSc2c(=O)o[nH][n+]2-c2ccccc2)sc2c1CCC(C(C)(C)C)C2. The lowest BCUT2D eigenvalue weighted by molar-refractivity contribution is -0.704. The Hall–Kier alpha value is -2.85. The number of carbonyl (C=O) groups is 2. The summed E-state index contributed by atoms with van der Waals surface area (Å²) in [6, 6.07) is 9.20. The van der Waals surface area contributed by atoms with Crippen LogP contribution in [0.25, 0.3) is 5.69 Å². The zero-order chi connectivity index (χ0) is 25.2. The molecule has 3 aromatic rings. The molecule has 0 saturated carbocycles. The van der Waals surface area contributed by atoms with E-state index in [1.54, 1.807) is 6.92 Å². The Bertz CT molecular complexity index is 1270. The zero-order valence-electron chi connectivity index (χ0n) is 20.3. The highest BCUT2D eigenvalue weighted by atomic mass is 32.2. The molecular formula is C25H30N3O5S2+. The normalized spacial score (nSPS) is 15.5. The molecule has 0 bridgehead atoms. The highest BCUT2D eigenvalue weighted by Crippen LogP contribution is 2.44. The van der Waals surface area contributed by atoms with Gasteiger partial charge in [-0.25, -0.2) is 9.59 Å². The lowest BCUT2D eigenvalue weighted by Crippen LogP contribution is -2.36. The van der Waals surface area contributed by atoms with Gasteiger partial charge in [0.25, 0.3) is 0 Å². The van der Waals surface area contributed by atoms with Crippen LogP contribution in [0.2, 0.25) is 0 Å². The fourth-order valence-corrected chi connectivity index (χ4v) is 6.37. The molecule has 0 radical (unpaired) electrons. The fourth-order valence-electron chi connectivity index (χ4n) is 4.26. The summed E-state index contributed by atoms with van der Waals surface area (Å²) >= 11 is 2.52. The third kappa shape index (κ3) is 5.54. The maximum atomic E-state index is 12.9. The third-order valence-electron chi connectivity index (χ3n) is 6.18. The number of H-pyrrole nitrogens is 1. The molecule has 8 nitrogen and oxygen atoms in total. The number of fused-ring (bicyclic) bond motifs is 1. The summed E-state index contributed by atoms with van der Waals surface area (Å²) in [7, 11) is 0. The van der Waals surface area contributed by atoms with E-state index < -0.39 is 11.6 Å². The molecule has 1 amide bonds. The van der Waals surface area contributed by atoms with Crippen molar-refractivity contribution in [1.82, 2.24) is 5.27 Å². The predicted molar refractivity (Wildman–Crippen MR) is 135 cm³/mol. The van der Waals surface area contributed by atoms with E-state index in [0.717, 1.165) is 41.5 Å². The highest BCUT2D eigenvalue weighted by Gasteiger charge is 2.34. The van der Waals surface area contributed by atoms with Gasteiger partial charge >= 0.3 is 16.6 Å². The molecule has 2 aromatic heterocycles. The van der Waals surface area contributed by atoms with E-state index in [0.29, 0.717) is 22.2 Å². The quantitative estimate of drug-likeness (QED) is 0.275. The summed E-state index contributed by atoms with van der Waals surface area (Å²) in [5.41, 5.74) is 1.78. The molecule has 1 aliphatic carbocycles. The highest BCUT2D eigenvalue weighted by molar-refractivity contribution is 7.99. The number of ether oxygens (including phenoxy) is 1. The lowest BCUT2D eigenvalue weighted by atomic mass is 9.72. The number of rotatable bonds is 7. The van der Waals surface area contributed by atoms with Crippen LogP contribution < -0.4 is 15.6 Å². The summed E-state index contributed by atoms with van der Waals surface area (Å²) < 4.78 is 11.8. The fraction of sp³-hybridized carbons (Fsp3) is 0.440. The molecule has 1 aromatic carbocycles. The number of para-hydroxylation sites is 1. The van der Waals surface area contributed by atoms with Crippen LogP contribution >= 0.6 is 23.1 Å². The number of anilines is 1. The van der Waals surface area contributed by atoms with Crippen molar-refractivity contribution in [3.63, 3.8) is 0 Å². The summed E-state index contributed by atoms with van der Waals surface area (Å²) in [6.45, 7) is 8.75. The third-order valence-corrected chi connectivity index (χ3v) is 8.38. The molecule has 1 unspecified atom stereocenters. The van der Waals surface area contributed by atoms with Crippen molar-refractivity contribution in [1.29, 1.82) is 0 Å². The molecule has 0 spiro atoms. The number of aromatic nitrogens is 2. The molecular weight excluding hydrogens is 486 g/mol. The Balaban J connectivity index is 1.53. The number of thiophene rings is 1. The van der Waals surface area contributed by atoms with Crippen molar-refractivity contribution in [3.8, 4) is 5.69 Å². The minimum Gasteiger partial charge on any atom is -0.462 e. The number of nitrogens with zero attached hydrogens (tertiary/aromatic N) is 1. The largest absolute Gasteiger partial charge is 0.462 e. The van der Waals surface area contributed by atoms with Gasteiger partial charge in [0, 0.05) is 17.0 Å². The minimum atomic E-state index is -0.557. The lowest BCUT2D eigenvalue weighted by Gasteiger charge is -2.33. The van der Waals surface area contributed by atoms with Gasteiger partial charge in [-0.05, 0) is 64.8 Å². The molecule has 4 rings (SSSR count).